The highest BCUT2D eigenvalue weighted by Gasteiger charge is 2.24. The summed E-state index contributed by atoms with van der Waals surface area (Å²) in [4.78, 5) is 14.1. The number of hydrogen-bond donors (Lipinski definition) is 1. The summed E-state index contributed by atoms with van der Waals surface area (Å²) in [6, 6.07) is 0. The molecule has 0 aromatic carbocycles. The normalized spacial score (nSPS) is 10.7. The number of carbonyl (C=O) groups is 1. The number of aromatic nitrogens is 1. The summed E-state index contributed by atoms with van der Waals surface area (Å²) >= 11 is 5.50. The van der Waals surface area contributed by atoms with E-state index in [0.717, 1.165) is 0 Å². The lowest BCUT2D eigenvalue weighted by molar-refractivity contribution is 0.0676. The summed E-state index contributed by atoms with van der Waals surface area (Å²) in [7, 11) is 0. The van der Waals surface area contributed by atoms with Crippen molar-refractivity contribution in [2.24, 2.45) is 0 Å². The standard InChI is InChI=1S/C9H8ClF2NO2/c1-4-3-13-7(9(14)15)6(8(11)12)5(4)2-10/h3,8H,2H2,1H3,(H,14,15). The maximum Gasteiger partial charge on any atom is 0.355 e. The Morgan fingerprint density at radius 3 is 2.67 bits per heavy atom. The quantitative estimate of drug-likeness (QED) is 0.820. The van der Waals surface area contributed by atoms with Crippen LogP contribution in [0.1, 0.15) is 33.6 Å². The van der Waals surface area contributed by atoms with Crippen LogP contribution in [0.3, 0.4) is 0 Å². The van der Waals surface area contributed by atoms with Crippen molar-refractivity contribution >= 4 is 17.6 Å². The minimum Gasteiger partial charge on any atom is -0.476 e. The number of carboxylic acid groups (broad SMARTS) is 1. The van der Waals surface area contributed by atoms with E-state index in [0.29, 0.717) is 5.56 Å². The average molecular weight is 236 g/mol. The Morgan fingerprint density at radius 2 is 2.27 bits per heavy atom. The van der Waals surface area contributed by atoms with Crippen molar-refractivity contribution in [1.29, 1.82) is 0 Å². The molecule has 1 heterocycles. The number of halogens is 3. The predicted molar refractivity (Wildman–Crippen MR) is 50.4 cm³/mol. The zero-order valence-corrected chi connectivity index (χ0v) is 8.55. The van der Waals surface area contributed by atoms with Gasteiger partial charge in [-0.05, 0) is 18.1 Å². The van der Waals surface area contributed by atoms with Crippen molar-refractivity contribution in [3.63, 3.8) is 0 Å². The molecule has 1 rings (SSSR count). The van der Waals surface area contributed by atoms with Crippen LogP contribution in [0.2, 0.25) is 0 Å². The Hall–Kier alpha value is -1.23. The molecule has 0 aliphatic carbocycles. The first-order valence-corrected chi connectivity index (χ1v) is 4.58. The molecule has 0 aliphatic heterocycles. The number of carboxylic acids is 1. The minimum absolute atomic E-state index is 0.138. The van der Waals surface area contributed by atoms with E-state index >= 15 is 0 Å². The molecule has 1 N–H and O–H groups in total. The Bertz CT molecular complexity index is 396. The number of aromatic carboxylic acids is 1. The second-order valence-electron chi connectivity index (χ2n) is 2.92. The monoisotopic (exact) mass is 235 g/mol. The van der Waals surface area contributed by atoms with E-state index < -0.39 is 23.7 Å². The van der Waals surface area contributed by atoms with E-state index in [1.54, 1.807) is 6.92 Å². The average Bonchev–Trinajstić information content (AvgIpc) is 2.16. The van der Waals surface area contributed by atoms with Crippen LogP contribution in [0.5, 0.6) is 0 Å². The van der Waals surface area contributed by atoms with Gasteiger partial charge in [-0.15, -0.1) is 11.6 Å². The van der Waals surface area contributed by atoms with Crippen LogP contribution in [-0.2, 0) is 5.88 Å². The molecule has 1 aromatic heterocycles. The Kier molecular flexibility index (Phi) is 3.57. The molecule has 0 saturated heterocycles. The van der Waals surface area contributed by atoms with Crippen LogP contribution in [0.15, 0.2) is 6.20 Å². The second-order valence-corrected chi connectivity index (χ2v) is 3.19. The van der Waals surface area contributed by atoms with E-state index in [-0.39, 0.29) is 11.4 Å². The largest absolute Gasteiger partial charge is 0.476 e. The minimum atomic E-state index is -2.89. The molecule has 6 heteroatoms. The molecular weight excluding hydrogens is 228 g/mol. The number of aryl methyl sites for hydroxylation is 1. The molecular formula is C9H8ClF2NO2. The molecule has 0 aliphatic rings. The molecule has 0 bridgehead atoms. The lowest BCUT2D eigenvalue weighted by atomic mass is 10.0. The van der Waals surface area contributed by atoms with E-state index in [9.17, 15) is 13.6 Å². The van der Waals surface area contributed by atoms with Gasteiger partial charge >= 0.3 is 5.97 Å². The zero-order valence-electron chi connectivity index (χ0n) is 7.80. The smallest absolute Gasteiger partial charge is 0.355 e. The lowest BCUT2D eigenvalue weighted by Crippen LogP contribution is -2.10. The van der Waals surface area contributed by atoms with Gasteiger partial charge in [-0.2, -0.15) is 0 Å². The van der Waals surface area contributed by atoms with Gasteiger partial charge in [0, 0.05) is 12.1 Å². The topological polar surface area (TPSA) is 50.2 Å². The molecule has 0 radical (unpaired) electrons. The van der Waals surface area contributed by atoms with Gasteiger partial charge in [0.2, 0.25) is 0 Å². The maximum atomic E-state index is 12.7. The molecule has 0 unspecified atom stereocenters. The molecule has 0 amide bonds. The van der Waals surface area contributed by atoms with Gasteiger partial charge in [-0.1, -0.05) is 0 Å². The van der Waals surface area contributed by atoms with Crippen LogP contribution in [-0.4, -0.2) is 16.1 Å². The van der Waals surface area contributed by atoms with Gasteiger partial charge in [0.15, 0.2) is 5.69 Å². The van der Waals surface area contributed by atoms with Gasteiger partial charge in [0.1, 0.15) is 0 Å². The van der Waals surface area contributed by atoms with Gasteiger partial charge in [-0.3, -0.25) is 0 Å². The Morgan fingerprint density at radius 1 is 1.67 bits per heavy atom. The summed E-state index contributed by atoms with van der Waals surface area (Å²) in [6.45, 7) is 1.56. The molecule has 0 fully saturated rings. The Balaban J connectivity index is 3.49. The number of hydrogen-bond acceptors (Lipinski definition) is 2. The van der Waals surface area contributed by atoms with E-state index in [2.05, 4.69) is 4.98 Å². The van der Waals surface area contributed by atoms with Crippen LogP contribution < -0.4 is 0 Å². The van der Waals surface area contributed by atoms with Crippen molar-refractivity contribution in [3.05, 3.63) is 28.6 Å². The fraction of sp³-hybridized carbons (Fsp3) is 0.333. The van der Waals surface area contributed by atoms with Crippen molar-refractivity contribution in [2.75, 3.05) is 0 Å². The summed E-state index contributed by atoms with van der Waals surface area (Å²) in [5.41, 5.74) is -0.617. The summed E-state index contributed by atoms with van der Waals surface area (Å²) in [5.74, 6) is -1.63. The van der Waals surface area contributed by atoms with Gasteiger partial charge in [0.05, 0.1) is 5.56 Å². The maximum absolute atomic E-state index is 12.7. The van der Waals surface area contributed by atoms with E-state index in [1.165, 1.54) is 6.20 Å². The van der Waals surface area contributed by atoms with Crippen molar-refractivity contribution in [3.8, 4) is 0 Å². The summed E-state index contributed by atoms with van der Waals surface area (Å²) in [6.07, 6.45) is -1.66. The van der Waals surface area contributed by atoms with Gasteiger partial charge in [0.25, 0.3) is 6.43 Å². The second kappa shape index (κ2) is 4.53. The first kappa shape index (κ1) is 11.8. The number of rotatable bonds is 3. The third-order valence-electron chi connectivity index (χ3n) is 2.00. The fourth-order valence-corrected chi connectivity index (χ4v) is 1.60. The third-order valence-corrected chi connectivity index (χ3v) is 2.27. The van der Waals surface area contributed by atoms with Crippen LogP contribution >= 0.6 is 11.6 Å². The summed E-state index contributed by atoms with van der Waals surface area (Å²) in [5, 5.41) is 8.69. The van der Waals surface area contributed by atoms with E-state index in [1.807, 2.05) is 0 Å². The zero-order chi connectivity index (χ0) is 11.6. The predicted octanol–water partition coefficient (Wildman–Crippen LogP) is 2.76. The molecule has 15 heavy (non-hydrogen) atoms. The third kappa shape index (κ3) is 2.23. The number of pyridine rings is 1. The van der Waals surface area contributed by atoms with Crippen molar-refractivity contribution < 1.29 is 18.7 Å². The SMILES string of the molecule is Cc1cnc(C(=O)O)c(C(F)F)c1CCl. The van der Waals surface area contributed by atoms with Gasteiger partial charge < -0.3 is 5.11 Å². The van der Waals surface area contributed by atoms with Crippen LogP contribution in [0.4, 0.5) is 8.78 Å². The van der Waals surface area contributed by atoms with Crippen LogP contribution in [0, 0.1) is 6.92 Å². The lowest BCUT2D eigenvalue weighted by Gasteiger charge is -2.11. The summed E-state index contributed by atoms with van der Waals surface area (Å²) < 4.78 is 25.3. The molecule has 1 aromatic rings. The highest BCUT2D eigenvalue weighted by atomic mass is 35.5. The first-order valence-electron chi connectivity index (χ1n) is 4.04. The Labute approximate surface area is 89.7 Å². The van der Waals surface area contributed by atoms with Crippen LogP contribution in [0.25, 0.3) is 0 Å². The van der Waals surface area contributed by atoms with Crippen molar-refractivity contribution in [2.45, 2.75) is 19.2 Å². The molecule has 0 spiro atoms. The molecule has 0 saturated carbocycles. The first-order chi connectivity index (χ1) is 6.99. The van der Waals surface area contributed by atoms with E-state index in [4.69, 9.17) is 16.7 Å². The molecule has 0 atom stereocenters. The molecule has 3 nitrogen and oxygen atoms in total. The number of alkyl halides is 3. The number of nitrogens with zero attached hydrogens (tertiary/aromatic N) is 1. The van der Waals surface area contributed by atoms with Gasteiger partial charge in [-0.25, -0.2) is 18.6 Å². The highest BCUT2D eigenvalue weighted by molar-refractivity contribution is 6.17. The fourth-order valence-electron chi connectivity index (χ4n) is 1.25. The molecule has 82 valence electrons. The highest BCUT2D eigenvalue weighted by Crippen LogP contribution is 2.28. The van der Waals surface area contributed by atoms with Crippen molar-refractivity contribution in [1.82, 2.24) is 4.98 Å².